The molecule has 0 aliphatic carbocycles. The van der Waals surface area contributed by atoms with Gasteiger partial charge in [-0.25, -0.2) is 0 Å². The van der Waals surface area contributed by atoms with E-state index in [-0.39, 0.29) is 5.91 Å². The molecule has 0 unspecified atom stereocenters. The van der Waals surface area contributed by atoms with Gasteiger partial charge in [0.2, 0.25) is 0 Å². The van der Waals surface area contributed by atoms with Crippen LogP contribution in [0.1, 0.15) is 16.1 Å². The Kier molecular flexibility index (Phi) is 4.53. The molecule has 0 saturated heterocycles. The number of nitrogens with one attached hydrogen (secondary N) is 1. The summed E-state index contributed by atoms with van der Waals surface area (Å²) < 4.78 is 7.03. The number of pyridine rings is 1. The molecule has 0 radical (unpaired) electrons. The zero-order valence-electron chi connectivity index (χ0n) is 14.8. The number of hydrogen-bond acceptors (Lipinski definition) is 4. The van der Waals surface area contributed by atoms with Gasteiger partial charge in [0.05, 0.1) is 12.0 Å². The highest BCUT2D eigenvalue weighted by atomic mass is 16.3. The molecule has 1 N–H and O–H groups in total. The second-order valence-electron chi connectivity index (χ2n) is 6.08. The van der Waals surface area contributed by atoms with Crippen LogP contribution in [0.4, 0.5) is 0 Å². The smallest absolute Gasteiger partial charge is 0.269 e. The summed E-state index contributed by atoms with van der Waals surface area (Å²) in [7, 11) is 1.76. The SMILES string of the molecule is Cn1nc(-c2ccccc2)cc1C(=O)NCc1cccnc1-c1ccco1. The third-order valence-corrected chi connectivity index (χ3v) is 4.27. The quantitative estimate of drug-likeness (QED) is 0.591. The fraction of sp³-hybridized carbons (Fsp3) is 0.0952. The van der Waals surface area contributed by atoms with Gasteiger partial charge in [-0.1, -0.05) is 36.4 Å². The van der Waals surface area contributed by atoms with Crippen LogP contribution in [0.3, 0.4) is 0 Å². The van der Waals surface area contributed by atoms with E-state index in [9.17, 15) is 4.79 Å². The molecule has 0 spiro atoms. The summed E-state index contributed by atoms with van der Waals surface area (Å²) in [5, 5.41) is 7.39. The van der Waals surface area contributed by atoms with Crippen LogP contribution in [-0.2, 0) is 13.6 Å². The van der Waals surface area contributed by atoms with Gasteiger partial charge < -0.3 is 9.73 Å². The highest BCUT2D eigenvalue weighted by molar-refractivity contribution is 5.93. The summed E-state index contributed by atoms with van der Waals surface area (Å²) in [6.07, 6.45) is 3.31. The van der Waals surface area contributed by atoms with Gasteiger partial charge in [-0.3, -0.25) is 14.5 Å². The molecule has 1 aromatic carbocycles. The number of carbonyl (C=O) groups excluding carboxylic acids is 1. The van der Waals surface area contributed by atoms with Gasteiger partial charge in [-0.2, -0.15) is 5.10 Å². The van der Waals surface area contributed by atoms with Crippen molar-refractivity contribution in [2.45, 2.75) is 6.54 Å². The molecule has 3 heterocycles. The van der Waals surface area contributed by atoms with E-state index in [4.69, 9.17) is 4.42 Å². The van der Waals surface area contributed by atoms with Crippen LogP contribution in [0.2, 0.25) is 0 Å². The van der Waals surface area contributed by atoms with Gasteiger partial charge in [0, 0.05) is 30.9 Å². The lowest BCUT2D eigenvalue weighted by Gasteiger charge is -2.08. The summed E-state index contributed by atoms with van der Waals surface area (Å²) in [5.74, 6) is 0.480. The van der Waals surface area contributed by atoms with E-state index >= 15 is 0 Å². The normalized spacial score (nSPS) is 10.7. The molecular weight excluding hydrogens is 340 g/mol. The fourth-order valence-corrected chi connectivity index (χ4v) is 2.91. The van der Waals surface area contributed by atoms with Crippen molar-refractivity contribution in [2.75, 3.05) is 0 Å². The van der Waals surface area contributed by atoms with E-state index < -0.39 is 0 Å². The van der Waals surface area contributed by atoms with Crippen molar-refractivity contribution in [1.82, 2.24) is 20.1 Å². The molecule has 0 aliphatic heterocycles. The first-order chi connectivity index (χ1) is 13.2. The maximum atomic E-state index is 12.7. The van der Waals surface area contributed by atoms with Crippen molar-refractivity contribution in [2.24, 2.45) is 7.05 Å². The van der Waals surface area contributed by atoms with Crippen LogP contribution in [-0.4, -0.2) is 20.7 Å². The summed E-state index contributed by atoms with van der Waals surface area (Å²) in [5.41, 5.74) is 3.83. The third-order valence-electron chi connectivity index (χ3n) is 4.27. The molecule has 6 heteroatoms. The van der Waals surface area contributed by atoms with Crippen LogP contribution in [0.5, 0.6) is 0 Å². The fourth-order valence-electron chi connectivity index (χ4n) is 2.91. The summed E-state index contributed by atoms with van der Waals surface area (Å²) >= 11 is 0. The minimum atomic E-state index is -0.193. The summed E-state index contributed by atoms with van der Waals surface area (Å²) in [4.78, 5) is 17.0. The average Bonchev–Trinajstić information content (AvgIpc) is 3.37. The van der Waals surface area contributed by atoms with Crippen molar-refractivity contribution < 1.29 is 9.21 Å². The van der Waals surface area contributed by atoms with Crippen LogP contribution in [0, 0.1) is 0 Å². The number of furan rings is 1. The predicted octanol–water partition coefficient (Wildman–Crippen LogP) is 3.67. The minimum Gasteiger partial charge on any atom is -0.463 e. The Morgan fingerprint density at radius 1 is 1.11 bits per heavy atom. The number of nitrogens with zero attached hydrogens (tertiary/aromatic N) is 3. The number of amides is 1. The molecule has 0 bridgehead atoms. The molecule has 134 valence electrons. The number of rotatable bonds is 5. The van der Waals surface area contributed by atoms with Gasteiger partial charge in [-0.05, 0) is 24.3 Å². The molecule has 0 saturated carbocycles. The third kappa shape index (κ3) is 3.50. The van der Waals surface area contributed by atoms with Crippen LogP contribution >= 0.6 is 0 Å². The van der Waals surface area contributed by atoms with Crippen molar-refractivity contribution >= 4 is 5.91 Å². The maximum Gasteiger partial charge on any atom is 0.269 e. The van der Waals surface area contributed by atoms with Crippen molar-refractivity contribution in [3.63, 3.8) is 0 Å². The molecule has 0 aliphatic rings. The number of aromatic nitrogens is 3. The summed E-state index contributed by atoms with van der Waals surface area (Å²) in [6.45, 7) is 0.342. The van der Waals surface area contributed by atoms with Crippen molar-refractivity contribution in [1.29, 1.82) is 0 Å². The molecule has 0 fully saturated rings. The Labute approximate surface area is 156 Å². The molecule has 4 aromatic rings. The number of carbonyl (C=O) groups is 1. The Hall–Kier alpha value is -3.67. The van der Waals surface area contributed by atoms with Crippen LogP contribution < -0.4 is 5.32 Å². The van der Waals surface area contributed by atoms with E-state index in [0.717, 1.165) is 22.5 Å². The van der Waals surface area contributed by atoms with E-state index in [2.05, 4.69) is 15.4 Å². The monoisotopic (exact) mass is 358 g/mol. The summed E-state index contributed by atoms with van der Waals surface area (Å²) in [6, 6.07) is 19.0. The molecule has 0 atom stereocenters. The predicted molar refractivity (Wildman–Crippen MR) is 102 cm³/mol. The number of benzene rings is 1. The number of hydrogen-bond donors (Lipinski definition) is 1. The molecule has 4 rings (SSSR count). The lowest BCUT2D eigenvalue weighted by atomic mass is 10.1. The topological polar surface area (TPSA) is 73.0 Å². The van der Waals surface area contributed by atoms with Crippen molar-refractivity contribution in [3.8, 4) is 22.7 Å². The standard InChI is InChI=1S/C21H18N4O2/c1-25-18(13-17(24-25)15-7-3-2-4-8-15)21(26)23-14-16-9-5-11-22-20(16)19-10-6-12-27-19/h2-13H,14H2,1H3,(H,23,26). The van der Waals surface area contributed by atoms with Crippen LogP contribution in [0.25, 0.3) is 22.7 Å². The first-order valence-corrected chi connectivity index (χ1v) is 8.58. The lowest BCUT2D eigenvalue weighted by molar-refractivity contribution is 0.0941. The first-order valence-electron chi connectivity index (χ1n) is 8.58. The molecule has 27 heavy (non-hydrogen) atoms. The molecule has 6 nitrogen and oxygen atoms in total. The van der Waals surface area contributed by atoms with E-state index in [1.807, 2.05) is 54.6 Å². The Morgan fingerprint density at radius 3 is 2.74 bits per heavy atom. The van der Waals surface area contributed by atoms with Crippen LogP contribution in [0.15, 0.2) is 77.5 Å². The van der Waals surface area contributed by atoms with Gasteiger partial charge in [0.1, 0.15) is 11.4 Å². The van der Waals surface area contributed by atoms with Gasteiger partial charge in [-0.15, -0.1) is 0 Å². The van der Waals surface area contributed by atoms with Crippen molar-refractivity contribution in [3.05, 3.63) is 84.4 Å². The van der Waals surface area contributed by atoms with E-state index in [1.54, 1.807) is 30.3 Å². The Morgan fingerprint density at radius 2 is 1.96 bits per heavy atom. The highest BCUT2D eigenvalue weighted by Crippen LogP contribution is 2.22. The Bertz CT molecular complexity index is 1050. The van der Waals surface area contributed by atoms with Gasteiger partial charge in [0.25, 0.3) is 5.91 Å². The highest BCUT2D eigenvalue weighted by Gasteiger charge is 2.15. The number of aryl methyl sites for hydroxylation is 1. The second-order valence-corrected chi connectivity index (χ2v) is 6.08. The van der Waals surface area contributed by atoms with Gasteiger partial charge in [0.15, 0.2) is 5.76 Å². The van der Waals surface area contributed by atoms with Gasteiger partial charge >= 0.3 is 0 Å². The second kappa shape index (κ2) is 7.29. The molecule has 3 aromatic heterocycles. The first kappa shape index (κ1) is 16.8. The molecular formula is C21H18N4O2. The minimum absolute atomic E-state index is 0.193. The Balaban J connectivity index is 1.52. The van der Waals surface area contributed by atoms with E-state index in [0.29, 0.717) is 18.0 Å². The molecule has 1 amide bonds. The maximum absolute atomic E-state index is 12.7. The zero-order valence-corrected chi connectivity index (χ0v) is 14.8. The lowest BCUT2D eigenvalue weighted by Crippen LogP contribution is -2.25. The van der Waals surface area contributed by atoms with E-state index in [1.165, 1.54) is 0 Å². The zero-order chi connectivity index (χ0) is 18.6. The average molecular weight is 358 g/mol. The largest absolute Gasteiger partial charge is 0.463 e.